The molecule has 5 aliphatic rings. The van der Waals surface area contributed by atoms with E-state index in [2.05, 4.69) is 17.5 Å². The minimum atomic E-state index is -0.389. The van der Waals surface area contributed by atoms with Gasteiger partial charge in [0.25, 0.3) is 0 Å². The van der Waals surface area contributed by atoms with Crippen LogP contribution in [0.2, 0.25) is 0 Å². The molecule has 0 aromatic heterocycles. The maximum absolute atomic E-state index is 12.9. The average Bonchev–Trinajstić information content (AvgIpc) is 3.43. The number of anilines is 1. The third-order valence-corrected chi connectivity index (χ3v) is 6.44. The zero-order valence-electron chi connectivity index (χ0n) is 14.4. The number of methoxy groups -OCH3 is 1. The van der Waals surface area contributed by atoms with Gasteiger partial charge in [-0.2, -0.15) is 0 Å². The Labute approximate surface area is 151 Å². The zero-order valence-corrected chi connectivity index (χ0v) is 14.4. The molecule has 4 aliphatic carbocycles. The van der Waals surface area contributed by atoms with E-state index in [-0.39, 0.29) is 47.9 Å². The topological polar surface area (TPSA) is 75.7 Å². The Bertz CT molecular complexity index is 812. The highest BCUT2D eigenvalue weighted by molar-refractivity contribution is 6.09. The second-order valence-corrected chi connectivity index (χ2v) is 7.67. The van der Waals surface area contributed by atoms with Crippen molar-refractivity contribution in [1.29, 1.82) is 0 Å². The molecule has 3 fully saturated rings. The normalized spacial score (nSPS) is 36.0. The highest BCUT2D eigenvalue weighted by Gasteiger charge is 2.67. The molecule has 1 heterocycles. The van der Waals surface area contributed by atoms with Gasteiger partial charge in [-0.1, -0.05) is 24.3 Å². The van der Waals surface area contributed by atoms with Gasteiger partial charge in [-0.3, -0.25) is 19.3 Å². The van der Waals surface area contributed by atoms with Crippen LogP contribution in [0.1, 0.15) is 6.42 Å². The van der Waals surface area contributed by atoms with Crippen molar-refractivity contribution in [3.05, 3.63) is 36.4 Å². The second kappa shape index (κ2) is 5.43. The fraction of sp³-hybridized carbons (Fsp3) is 0.450. The van der Waals surface area contributed by atoms with E-state index in [1.807, 2.05) is 0 Å². The summed E-state index contributed by atoms with van der Waals surface area (Å²) in [5.41, 5.74) is 0.527. The molecule has 6 heteroatoms. The summed E-state index contributed by atoms with van der Waals surface area (Å²) in [7, 11) is 1.53. The molecule has 1 saturated heterocycles. The zero-order chi connectivity index (χ0) is 18.0. The van der Waals surface area contributed by atoms with Gasteiger partial charge in [-0.15, -0.1) is 0 Å². The van der Waals surface area contributed by atoms with Crippen molar-refractivity contribution >= 4 is 23.4 Å². The lowest BCUT2D eigenvalue weighted by Gasteiger charge is -2.37. The third kappa shape index (κ3) is 2.08. The lowest BCUT2D eigenvalue weighted by atomic mass is 9.63. The summed E-state index contributed by atoms with van der Waals surface area (Å²) in [5.74, 6) is 0.731. The molecule has 0 radical (unpaired) electrons. The molecule has 134 valence electrons. The van der Waals surface area contributed by atoms with Gasteiger partial charge in [-0.25, -0.2) is 0 Å². The number of nitrogens with one attached hydrogen (secondary N) is 1. The smallest absolute Gasteiger partial charge is 0.244 e. The molecule has 0 spiro atoms. The summed E-state index contributed by atoms with van der Waals surface area (Å²) in [6, 6.07) is 7.06. The van der Waals surface area contributed by atoms with Gasteiger partial charge in [0.1, 0.15) is 12.3 Å². The van der Waals surface area contributed by atoms with Crippen molar-refractivity contribution in [3.63, 3.8) is 0 Å². The highest BCUT2D eigenvalue weighted by atomic mass is 16.5. The predicted octanol–water partition coefficient (Wildman–Crippen LogP) is 1.69. The Hall–Kier alpha value is -2.63. The van der Waals surface area contributed by atoms with E-state index < -0.39 is 0 Å². The van der Waals surface area contributed by atoms with Gasteiger partial charge in [-0.05, 0) is 42.2 Å². The Morgan fingerprint density at radius 3 is 2.35 bits per heavy atom. The summed E-state index contributed by atoms with van der Waals surface area (Å²) >= 11 is 0. The fourth-order valence-electron chi connectivity index (χ4n) is 5.26. The third-order valence-electron chi connectivity index (χ3n) is 6.44. The van der Waals surface area contributed by atoms with Crippen LogP contribution in [0.3, 0.4) is 0 Å². The minimum Gasteiger partial charge on any atom is -0.495 e. The monoisotopic (exact) mass is 352 g/mol. The number of carbonyl (C=O) groups excluding carboxylic acids is 3. The maximum atomic E-state index is 12.9. The van der Waals surface area contributed by atoms with E-state index in [9.17, 15) is 14.4 Å². The van der Waals surface area contributed by atoms with Crippen LogP contribution in [-0.4, -0.2) is 36.3 Å². The number of allylic oxidation sites excluding steroid dienone is 2. The summed E-state index contributed by atoms with van der Waals surface area (Å²) in [4.78, 5) is 39.4. The van der Waals surface area contributed by atoms with Crippen molar-refractivity contribution in [2.45, 2.75) is 6.42 Å². The van der Waals surface area contributed by atoms with Crippen LogP contribution in [-0.2, 0) is 14.4 Å². The summed E-state index contributed by atoms with van der Waals surface area (Å²) < 4.78 is 5.22. The first-order valence-corrected chi connectivity index (χ1v) is 9.06. The van der Waals surface area contributed by atoms with E-state index in [1.165, 1.54) is 7.11 Å². The SMILES string of the molecule is COc1ccccc1NC(=O)CN1C(=O)[C@@H]2[C@@H]3C=C[C@@H]([C@@H]4C[C@@H]34)[C@@H]2C1=O. The lowest BCUT2D eigenvalue weighted by molar-refractivity contribution is -0.142. The molecule has 2 saturated carbocycles. The fourth-order valence-corrected chi connectivity index (χ4v) is 5.26. The van der Waals surface area contributed by atoms with Gasteiger partial charge < -0.3 is 10.1 Å². The van der Waals surface area contributed by atoms with E-state index in [1.54, 1.807) is 24.3 Å². The number of carbonyl (C=O) groups is 3. The number of amides is 3. The summed E-state index contributed by atoms with van der Waals surface area (Å²) in [6.45, 7) is -0.239. The van der Waals surface area contributed by atoms with Crippen LogP contribution in [0.15, 0.2) is 36.4 Å². The second-order valence-electron chi connectivity index (χ2n) is 7.67. The van der Waals surface area contributed by atoms with Crippen molar-refractivity contribution < 1.29 is 19.1 Å². The van der Waals surface area contributed by atoms with E-state index in [0.29, 0.717) is 23.3 Å². The largest absolute Gasteiger partial charge is 0.495 e. The van der Waals surface area contributed by atoms with Gasteiger partial charge in [0.2, 0.25) is 17.7 Å². The van der Waals surface area contributed by atoms with Gasteiger partial charge in [0.05, 0.1) is 24.6 Å². The molecule has 6 atom stereocenters. The van der Waals surface area contributed by atoms with Crippen LogP contribution in [0.4, 0.5) is 5.69 Å². The molecule has 6 rings (SSSR count). The van der Waals surface area contributed by atoms with Crippen LogP contribution in [0.25, 0.3) is 0 Å². The van der Waals surface area contributed by atoms with Crippen molar-refractivity contribution in [2.75, 3.05) is 19.0 Å². The Kier molecular flexibility index (Phi) is 3.26. The van der Waals surface area contributed by atoms with E-state index in [0.717, 1.165) is 11.3 Å². The molecule has 1 aliphatic heterocycles. The quantitative estimate of drug-likeness (QED) is 0.661. The lowest BCUT2D eigenvalue weighted by Crippen LogP contribution is -2.40. The molecule has 0 unspecified atom stereocenters. The molecule has 1 aromatic rings. The van der Waals surface area contributed by atoms with Crippen LogP contribution >= 0.6 is 0 Å². The molecule has 1 aromatic carbocycles. The number of hydrogen-bond acceptors (Lipinski definition) is 4. The number of imide groups is 1. The van der Waals surface area contributed by atoms with Gasteiger partial charge >= 0.3 is 0 Å². The number of para-hydroxylation sites is 2. The molecule has 1 N–H and O–H groups in total. The molecule has 6 nitrogen and oxygen atoms in total. The molecule has 2 bridgehead atoms. The van der Waals surface area contributed by atoms with Gasteiger partial charge in [0, 0.05) is 0 Å². The van der Waals surface area contributed by atoms with Crippen LogP contribution in [0, 0.1) is 35.5 Å². The molecular formula is C20H20N2O4. The Morgan fingerprint density at radius 1 is 1.12 bits per heavy atom. The molecule has 26 heavy (non-hydrogen) atoms. The van der Waals surface area contributed by atoms with Crippen LogP contribution < -0.4 is 10.1 Å². The maximum Gasteiger partial charge on any atom is 0.244 e. The Morgan fingerprint density at radius 2 is 1.73 bits per heavy atom. The standard InChI is InChI=1S/C20H20N2O4/c1-26-15-5-3-2-4-14(15)21-16(23)9-22-19(24)17-10-6-7-11(13-8-12(10)13)18(17)20(22)25/h2-7,10-13,17-18H,8-9H2,1H3,(H,21,23)/t10-,11+,12-,13-,17-,18+/m0/s1. The average molecular weight is 352 g/mol. The van der Waals surface area contributed by atoms with Gasteiger partial charge in [0.15, 0.2) is 0 Å². The first kappa shape index (κ1) is 15.6. The minimum absolute atomic E-state index is 0.175. The number of likely N-dealkylation sites (tertiary alicyclic amines) is 1. The summed E-state index contributed by atoms with van der Waals surface area (Å²) in [6.07, 6.45) is 5.39. The first-order valence-electron chi connectivity index (χ1n) is 9.06. The van der Waals surface area contributed by atoms with E-state index in [4.69, 9.17) is 4.74 Å². The van der Waals surface area contributed by atoms with Crippen molar-refractivity contribution in [3.8, 4) is 5.75 Å². The number of nitrogens with zero attached hydrogens (tertiary/aromatic N) is 1. The highest BCUT2D eigenvalue weighted by Crippen LogP contribution is 2.65. The predicted molar refractivity (Wildman–Crippen MR) is 93.0 cm³/mol. The van der Waals surface area contributed by atoms with Crippen molar-refractivity contribution in [2.24, 2.45) is 35.5 Å². The van der Waals surface area contributed by atoms with Crippen molar-refractivity contribution in [1.82, 2.24) is 4.90 Å². The summed E-state index contributed by atoms with van der Waals surface area (Å²) in [5, 5.41) is 2.74. The number of ether oxygens (including phenoxy) is 1. The number of hydrogen-bond donors (Lipinski definition) is 1. The van der Waals surface area contributed by atoms with Crippen LogP contribution in [0.5, 0.6) is 5.75 Å². The molecule has 3 amide bonds. The van der Waals surface area contributed by atoms with E-state index >= 15 is 0 Å². The number of benzene rings is 1. The number of rotatable bonds is 4. The molecular weight excluding hydrogens is 332 g/mol. The Balaban J connectivity index is 1.33. The first-order chi connectivity index (χ1) is 12.6.